The molecule has 0 amide bonds. The van der Waals surface area contributed by atoms with Crippen LogP contribution in [0, 0.1) is 0 Å². The molecule has 0 saturated carbocycles. The maximum absolute atomic E-state index is 6.42. The maximum atomic E-state index is 6.42. The number of hydrogen-bond acceptors (Lipinski definition) is 5. The van der Waals surface area contributed by atoms with Gasteiger partial charge < -0.3 is 14.2 Å². The average molecular weight is 465 g/mol. The second-order valence-corrected chi connectivity index (χ2v) is 8.13. The lowest BCUT2D eigenvalue weighted by molar-refractivity contribution is -0.0190. The van der Waals surface area contributed by atoms with Crippen molar-refractivity contribution < 1.29 is 14.2 Å². The fraction of sp³-hybridized carbons (Fsp3) is 0.208. The molecule has 2 aliphatic rings. The molecule has 0 aliphatic carbocycles. The highest BCUT2D eigenvalue weighted by molar-refractivity contribution is 9.10. The lowest BCUT2D eigenvalue weighted by Crippen LogP contribution is -2.33. The number of halogens is 1. The fourth-order valence-electron chi connectivity index (χ4n) is 4.05. The van der Waals surface area contributed by atoms with E-state index in [2.05, 4.69) is 45.2 Å². The number of nitrogens with zero attached hydrogens (tertiary/aromatic N) is 2. The minimum absolute atomic E-state index is 0.123. The number of benzene rings is 3. The second kappa shape index (κ2) is 7.69. The van der Waals surface area contributed by atoms with E-state index in [0.29, 0.717) is 0 Å². The SMILES string of the molecule is COc1ccc(C2=NN3[C@@H](c4ccc(OC)c(Br)c4)Oc4ccccc4[C@@H]3C2)cc1. The van der Waals surface area contributed by atoms with Gasteiger partial charge in [-0.1, -0.05) is 18.2 Å². The van der Waals surface area contributed by atoms with Crippen LogP contribution in [0.15, 0.2) is 76.3 Å². The fourth-order valence-corrected chi connectivity index (χ4v) is 4.61. The van der Waals surface area contributed by atoms with Gasteiger partial charge in [0.15, 0.2) is 0 Å². The molecule has 6 heteroatoms. The quantitative estimate of drug-likeness (QED) is 0.495. The van der Waals surface area contributed by atoms with Gasteiger partial charge >= 0.3 is 0 Å². The van der Waals surface area contributed by atoms with Gasteiger partial charge in [0.25, 0.3) is 0 Å². The van der Waals surface area contributed by atoms with Gasteiger partial charge in [0, 0.05) is 17.5 Å². The monoisotopic (exact) mass is 464 g/mol. The van der Waals surface area contributed by atoms with Crippen LogP contribution in [-0.4, -0.2) is 24.9 Å². The van der Waals surface area contributed by atoms with Crippen LogP contribution in [-0.2, 0) is 0 Å². The number of fused-ring (bicyclic) bond motifs is 3. The number of ether oxygens (including phenoxy) is 3. The Bertz CT molecular complexity index is 1110. The van der Waals surface area contributed by atoms with Crippen LogP contribution in [0.2, 0.25) is 0 Å². The van der Waals surface area contributed by atoms with Crippen LogP contribution in [0.1, 0.15) is 35.4 Å². The molecule has 0 bridgehead atoms. The van der Waals surface area contributed by atoms with Crippen LogP contribution in [0.3, 0.4) is 0 Å². The third kappa shape index (κ3) is 3.21. The summed E-state index contributed by atoms with van der Waals surface area (Å²) in [7, 11) is 3.34. The standard InChI is InChI=1S/C24H21BrN2O3/c1-28-17-10-7-15(8-11-17)20-14-21-18-5-3-4-6-22(18)30-24(27(21)26-20)16-9-12-23(29-2)19(25)13-16/h3-13,21,24H,14H2,1-2H3/t21-,24+/m0/s1. The van der Waals surface area contributed by atoms with E-state index >= 15 is 0 Å². The number of methoxy groups -OCH3 is 2. The summed E-state index contributed by atoms with van der Waals surface area (Å²) in [5.41, 5.74) is 4.31. The summed E-state index contributed by atoms with van der Waals surface area (Å²) in [6.07, 6.45) is 0.503. The molecule has 2 aliphatic heterocycles. The lowest BCUT2D eigenvalue weighted by atomic mass is 9.96. The summed E-state index contributed by atoms with van der Waals surface area (Å²) in [6.45, 7) is 0. The first-order valence-electron chi connectivity index (χ1n) is 9.77. The van der Waals surface area contributed by atoms with Gasteiger partial charge in [0.1, 0.15) is 17.2 Å². The van der Waals surface area contributed by atoms with Gasteiger partial charge in [-0.15, -0.1) is 0 Å². The number of hydrazone groups is 1. The van der Waals surface area contributed by atoms with E-state index in [1.165, 1.54) is 0 Å². The van der Waals surface area contributed by atoms with Gasteiger partial charge in [0.2, 0.25) is 6.23 Å². The van der Waals surface area contributed by atoms with Crippen LogP contribution in [0.4, 0.5) is 0 Å². The van der Waals surface area contributed by atoms with Gasteiger partial charge in [-0.2, -0.15) is 5.10 Å². The van der Waals surface area contributed by atoms with Crippen molar-refractivity contribution in [2.75, 3.05) is 14.2 Å². The van der Waals surface area contributed by atoms with E-state index in [1.54, 1.807) is 14.2 Å². The minimum Gasteiger partial charge on any atom is -0.497 e. The van der Waals surface area contributed by atoms with Crippen molar-refractivity contribution >= 4 is 21.6 Å². The highest BCUT2D eigenvalue weighted by Crippen LogP contribution is 2.48. The molecule has 3 aromatic carbocycles. The van der Waals surface area contributed by atoms with Gasteiger partial charge in [-0.05, 0) is 70.0 Å². The summed E-state index contributed by atoms with van der Waals surface area (Å²) in [5.74, 6) is 2.53. The number of hydrogen-bond donors (Lipinski definition) is 0. The summed E-state index contributed by atoms with van der Waals surface area (Å²) in [6, 6.07) is 22.4. The van der Waals surface area contributed by atoms with Crippen LogP contribution >= 0.6 is 15.9 Å². The maximum Gasteiger partial charge on any atom is 0.213 e. The van der Waals surface area contributed by atoms with E-state index in [1.807, 2.05) is 42.5 Å². The summed E-state index contributed by atoms with van der Waals surface area (Å²) in [5, 5.41) is 7.08. The normalized spacial score (nSPS) is 19.4. The van der Waals surface area contributed by atoms with Crippen LogP contribution in [0.25, 0.3) is 0 Å². The Balaban J connectivity index is 1.56. The van der Waals surface area contributed by atoms with Crippen molar-refractivity contribution in [3.63, 3.8) is 0 Å². The molecule has 0 radical (unpaired) electrons. The zero-order valence-electron chi connectivity index (χ0n) is 16.7. The van der Waals surface area contributed by atoms with Gasteiger partial charge in [-0.3, -0.25) is 0 Å². The molecule has 152 valence electrons. The van der Waals surface area contributed by atoms with Crippen molar-refractivity contribution in [3.05, 3.63) is 87.9 Å². The van der Waals surface area contributed by atoms with Gasteiger partial charge in [0.05, 0.1) is 30.4 Å². The molecule has 0 N–H and O–H groups in total. The third-order valence-corrected chi connectivity index (χ3v) is 6.20. The van der Waals surface area contributed by atoms with Crippen molar-refractivity contribution in [2.45, 2.75) is 18.7 Å². The van der Waals surface area contributed by atoms with E-state index in [9.17, 15) is 0 Å². The molecule has 2 heterocycles. The largest absolute Gasteiger partial charge is 0.497 e. The predicted octanol–water partition coefficient (Wildman–Crippen LogP) is 5.71. The zero-order chi connectivity index (χ0) is 20.7. The molecular weight excluding hydrogens is 444 g/mol. The molecule has 0 fully saturated rings. The van der Waals surface area contributed by atoms with Crippen molar-refractivity contribution in [1.82, 2.24) is 5.01 Å². The molecule has 2 atom stereocenters. The molecule has 30 heavy (non-hydrogen) atoms. The van der Waals surface area contributed by atoms with Crippen molar-refractivity contribution in [3.8, 4) is 17.2 Å². The Morgan fingerprint density at radius 1 is 1.00 bits per heavy atom. The second-order valence-electron chi connectivity index (χ2n) is 7.28. The third-order valence-electron chi connectivity index (χ3n) is 5.58. The first kappa shape index (κ1) is 19.0. The summed E-state index contributed by atoms with van der Waals surface area (Å²) in [4.78, 5) is 0. The Kier molecular flexibility index (Phi) is 4.87. The molecular formula is C24H21BrN2O3. The topological polar surface area (TPSA) is 43.3 Å². The first-order chi connectivity index (χ1) is 14.7. The van der Waals surface area contributed by atoms with E-state index in [-0.39, 0.29) is 12.3 Å². The van der Waals surface area contributed by atoms with E-state index in [0.717, 1.165) is 50.5 Å². The van der Waals surface area contributed by atoms with Crippen molar-refractivity contribution in [2.24, 2.45) is 5.10 Å². The summed E-state index contributed by atoms with van der Waals surface area (Å²) < 4.78 is 18.0. The smallest absolute Gasteiger partial charge is 0.213 e. The molecule has 0 unspecified atom stereocenters. The lowest BCUT2D eigenvalue weighted by Gasteiger charge is -2.38. The van der Waals surface area contributed by atoms with Crippen LogP contribution < -0.4 is 14.2 Å². The molecule has 5 rings (SSSR count). The molecule has 5 nitrogen and oxygen atoms in total. The van der Waals surface area contributed by atoms with E-state index < -0.39 is 0 Å². The van der Waals surface area contributed by atoms with E-state index in [4.69, 9.17) is 19.3 Å². The average Bonchev–Trinajstić information content (AvgIpc) is 3.24. The van der Waals surface area contributed by atoms with Gasteiger partial charge in [-0.25, -0.2) is 5.01 Å². The Hall–Kier alpha value is -2.99. The number of rotatable bonds is 4. The molecule has 0 spiro atoms. The highest BCUT2D eigenvalue weighted by atomic mass is 79.9. The Morgan fingerprint density at radius 2 is 1.80 bits per heavy atom. The zero-order valence-corrected chi connectivity index (χ0v) is 18.3. The Morgan fingerprint density at radius 3 is 2.53 bits per heavy atom. The Labute approximate surface area is 184 Å². The molecule has 3 aromatic rings. The number of para-hydroxylation sites is 1. The first-order valence-corrected chi connectivity index (χ1v) is 10.6. The van der Waals surface area contributed by atoms with Crippen molar-refractivity contribution in [1.29, 1.82) is 0 Å². The predicted molar refractivity (Wildman–Crippen MR) is 119 cm³/mol. The molecule has 0 saturated heterocycles. The van der Waals surface area contributed by atoms with Crippen LogP contribution in [0.5, 0.6) is 17.2 Å². The molecule has 0 aromatic heterocycles. The highest BCUT2D eigenvalue weighted by Gasteiger charge is 2.40. The minimum atomic E-state index is -0.317. The summed E-state index contributed by atoms with van der Waals surface area (Å²) >= 11 is 3.59.